The van der Waals surface area contributed by atoms with Crippen molar-refractivity contribution in [1.29, 1.82) is 0 Å². The average molecular weight is 347 g/mol. The summed E-state index contributed by atoms with van der Waals surface area (Å²) in [5, 5.41) is 22.8. The zero-order chi connectivity index (χ0) is 18.1. The number of esters is 1. The van der Waals surface area contributed by atoms with E-state index in [1.165, 1.54) is 19.1 Å². The second kappa shape index (κ2) is 6.76. The molecule has 4 atom stereocenters. The Labute approximate surface area is 145 Å². The SMILES string of the molecule is CC(=O)O[C@@H]1C[C@H]2/C=C/C[C@@H](O)[C@@H](C)C(=O)Nc3cc(O)cc1c3O2. The van der Waals surface area contributed by atoms with E-state index in [0.29, 0.717) is 24.2 Å². The van der Waals surface area contributed by atoms with Gasteiger partial charge in [0.2, 0.25) is 5.91 Å². The maximum Gasteiger partial charge on any atom is 0.303 e. The van der Waals surface area contributed by atoms with Crippen molar-refractivity contribution in [2.24, 2.45) is 5.92 Å². The van der Waals surface area contributed by atoms with Gasteiger partial charge >= 0.3 is 5.97 Å². The summed E-state index contributed by atoms with van der Waals surface area (Å²) in [7, 11) is 0. The van der Waals surface area contributed by atoms with E-state index in [0.717, 1.165) is 0 Å². The molecule has 1 aromatic carbocycles. The predicted molar refractivity (Wildman–Crippen MR) is 89.2 cm³/mol. The quantitative estimate of drug-likeness (QED) is 0.530. The first-order chi connectivity index (χ1) is 11.8. The molecule has 2 aliphatic rings. The predicted octanol–water partition coefficient (Wildman–Crippen LogP) is 2.04. The van der Waals surface area contributed by atoms with Crippen LogP contribution in [-0.2, 0) is 14.3 Å². The van der Waals surface area contributed by atoms with Crippen molar-refractivity contribution in [3.05, 3.63) is 29.8 Å². The van der Waals surface area contributed by atoms with E-state index in [-0.39, 0.29) is 23.4 Å². The van der Waals surface area contributed by atoms with Crippen LogP contribution in [0, 0.1) is 5.92 Å². The van der Waals surface area contributed by atoms with E-state index >= 15 is 0 Å². The summed E-state index contributed by atoms with van der Waals surface area (Å²) in [6.45, 7) is 2.95. The molecular formula is C18H21NO6. The molecule has 0 spiro atoms. The van der Waals surface area contributed by atoms with E-state index < -0.39 is 24.1 Å². The number of phenols is 1. The second-order valence-corrected chi connectivity index (χ2v) is 6.41. The van der Waals surface area contributed by atoms with Crippen LogP contribution < -0.4 is 10.1 Å². The third-order valence-electron chi connectivity index (χ3n) is 4.45. The Balaban J connectivity index is 2.09. The summed E-state index contributed by atoms with van der Waals surface area (Å²) in [5.41, 5.74) is 0.791. The third kappa shape index (κ3) is 3.61. The van der Waals surface area contributed by atoms with Crippen LogP contribution in [0.4, 0.5) is 5.69 Å². The monoisotopic (exact) mass is 347 g/mol. The fourth-order valence-electron chi connectivity index (χ4n) is 3.06. The molecule has 1 amide bonds. The van der Waals surface area contributed by atoms with Gasteiger partial charge in [-0.05, 0) is 18.6 Å². The van der Waals surface area contributed by atoms with Gasteiger partial charge in [0.1, 0.15) is 18.0 Å². The van der Waals surface area contributed by atoms with Crippen molar-refractivity contribution in [2.45, 2.75) is 45.0 Å². The maximum atomic E-state index is 12.4. The van der Waals surface area contributed by atoms with Crippen LogP contribution in [0.15, 0.2) is 24.3 Å². The van der Waals surface area contributed by atoms with Crippen LogP contribution in [0.3, 0.4) is 0 Å². The highest BCUT2D eigenvalue weighted by atomic mass is 16.6. The van der Waals surface area contributed by atoms with Gasteiger partial charge in [0.05, 0.1) is 17.7 Å². The summed E-state index contributed by atoms with van der Waals surface area (Å²) in [6, 6.07) is 2.85. The van der Waals surface area contributed by atoms with Gasteiger partial charge in [-0.15, -0.1) is 0 Å². The molecule has 0 saturated carbocycles. The molecule has 0 unspecified atom stereocenters. The minimum absolute atomic E-state index is 0.0770. The molecule has 3 N–H and O–H groups in total. The van der Waals surface area contributed by atoms with Crippen molar-refractivity contribution in [3.8, 4) is 11.5 Å². The van der Waals surface area contributed by atoms with E-state index in [2.05, 4.69) is 5.32 Å². The van der Waals surface area contributed by atoms with E-state index in [1.807, 2.05) is 0 Å². The molecule has 0 aromatic heterocycles. The number of fused-ring (bicyclic) bond motifs is 1. The third-order valence-corrected chi connectivity index (χ3v) is 4.45. The minimum Gasteiger partial charge on any atom is -0.508 e. The van der Waals surface area contributed by atoms with Crippen LogP contribution >= 0.6 is 0 Å². The zero-order valence-electron chi connectivity index (χ0n) is 14.1. The molecule has 0 saturated heterocycles. The number of amides is 1. The Morgan fingerprint density at radius 2 is 2.16 bits per heavy atom. The lowest BCUT2D eigenvalue weighted by molar-refractivity contribution is -0.148. The largest absolute Gasteiger partial charge is 0.508 e. The number of nitrogens with one attached hydrogen (secondary N) is 1. The molecule has 0 fully saturated rings. The summed E-state index contributed by atoms with van der Waals surface area (Å²) in [6.07, 6.45) is 2.44. The smallest absolute Gasteiger partial charge is 0.303 e. The number of hydrogen-bond acceptors (Lipinski definition) is 6. The molecule has 2 aliphatic heterocycles. The second-order valence-electron chi connectivity index (χ2n) is 6.41. The minimum atomic E-state index is -0.833. The normalized spacial score (nSPS) is 29.6. The van der Waals surface area contributed by atoms with E-state index in [9.17, 15) is 19.8 Å². The molecule has 0 aliphatic carbocycles. The van der Waals surface area contributed by atoms with Gasteiger partial charge in [-0.3, -0.25) is 9.59 Å². The molecule has 7 nitrogen and oxygen atoms in total. The lowest BCUT2D eigenvalue weighted by Gasteiger charge is -2.32. The Kier molecular flexibility index (Phi) is 4.67. The Morgan fingerprint density at radius 3 is 2.88 bits per heavy atom. The number of rotatable bonds is 1. The van der Waals surface area contributed by atoms with Crippen molar-refractivity contribution in [2.75, 3.05) is 5.32 Å². The maximum absolute atomic E-state index is 12.4. The van der Waals surface area contributed by atoms with Crippen LogP contribution in [0.1, 0.15) is 38.4 Å². The summed E-state index contributed by atoms with van der Waals surface area (Å²) < 4.78 is 11.3. The van der Waals surface area contributed by atoms with Crippen LogP contribution in [-0.4, -0.2) is 34.3 Å². The van der Waals surface area contributed by atoms with Gasteiger partial charge in [-0.1, -0.05) is 13.0 Å². The molecule has 0 radical (unpaired) electrons. The number of phenolic OH excluding ortho intramolecular Hbond substituents is 1. The fraction of sp³-hybridized carbons (Fsp3) is 0.444. The topological polar surface area (TPSA) is 105 Å². The standard InChI is InChI=1S/C18H21NO6/c1-9-15(22)5-3-4-12-8-16(24-10(2)20)13-6-11(21)7-14(17(13)25-12)19-18(9)23/h3-4,6-7,9,12,15-16,21-22H,5,8H2,1-2H3,(H,19,23)/b4-3+/t9-,12-,15-,16-/m1/s1. The van der Waals surface area contributed by atoms with Gasteiger partial charge in [0, 0.05) is 25.0 Å². The van der Waals surface area contributed by atoms with Crippen LogP contribution in [0.2, 0.25) is 0 Å². The average Bonchev–Trinajstić information content (AvgIpc) is 2.55. The molecule has 2 bridgehead atoms. The number of carbonyl (C=O) groups excluding carboxylic acids is 2. The van der Waals surface area contributed by atoms with Crippen LogP contribution in [0.25, 0.3) is 0 Å². The zero-order valence-corrected chi connectivity index (χ0v) is 14.1. The number of ether oxygens (including phenoxy) is 2. The Hall–Kier alpha value is -2.54. The fourth-order valence-corrected chi connectivity index (χ4v) is 3.06. The Morgan fingerprint density at radius 1 is 1.40 bits per heavy atom. The lowest BCUT2D eigenvalue weighted by atomic mass is 9.97. The molecular weight excluding hydrogens is 326 g/mol. The van der Waals surface area contributed by atoms with Crippen molar-refractivity contribution in [1.82, 2.24) is 0 Å². The molecule has 3 rings (SSSR count). The summed E-state index contributed by atoms with van der Waals surface area (Å²) in [4.78, 5) is 23.8. The molecule has 7 heteroatoms. The number of aliphatic hydroxyl groups excluding tert-OH is 1. The molecule has 2 heterocycles. The van der Waals surface area contributed by atoms with E-state index in [4.69, 9.17) is 9.47 Å². The molecule has 1 aromatic rings. The number of anilines is 1. The first-order valence-corrected chi connectivity index (χ1v) is 8.21. The van der Waals surface area contributed by atoms with Gasteiger partial charge in [-0.25, -0.2) is 0 Å². The number of aliphatic hydroxyl groups is 1. The number of aromatic hydroxyl groups is 1. The number of hydrogen-bond donors (Lipinski definition) is 3. The van der Waals surface area contributed by atoms with Crippen molar-refractivity contribution in [3.63, 3.8) is 0 Å². The highest BCUT2D eigenvalue weighted by Crippen LogP contribution is 2.45. The Bertz CT molecular complexity index is 729. The number of carbonyl (C=O) groups is 2. The number of benzene rings is 1. The highest BCUT2D eigenvalue weighted by Gasteiger charge is 2.33. The van der Waals surface area contributed by atoms with Crippen molar-refractivity contribution >= 4 is 17.6 Å². The summed E-state index contributed by atoms with van der Waals surface area (Å²) in [5.74, 6) is -1.17. The first kappa shape index (κ1) is 17.3. The van der Waals surface area contributed by atoms with Gasteiger partial charge in [-0.2, -0.15) is 0 Å². The van der Waals surface area contributed by atoms with E-state index in [1.54, 1.807) is 19.1 Å². The van der Waals surface area contributed by atoms with Gasteiger partial charge in [0.15, 0.2) is 5.75 Å². The first-order valence-electron chi connectivity index (χ1n) is 8.21. The van der Waals surface area contributed by atoms with Gasteiger partial charge < -0.3 is 25.0 Å². The highest BCUT2D eigenvalue weighted by molar-refractivity contribution is 5.94. The summed E-state index contributed by atoms with van der Waals surface area (Å²) >= 11 is 0. The van der Waals surface area contributed by atoms with Crippen molar-refractivity contribution < 1.29 is 29.3 Å². The molecule has 134 valence electrons. The molecule has 25 heavy (non-hydrogen) atoms. The lowest BCUT2D eigenvalue weighted by Crippen LogP contribution is -2.30. The van der Waals surface area contributed by atoms with Gasteiger partial charge in [0.25, 0.3) is 0 Å². The van der Waals surface area contributed by atoms with Crippen LogP contribution in [0.5, 0.6) is 11.5 Å².